The van der Waals surface area contributed by atoms with Crippen LogP contribution in [0.2, 0.25) is 0 Å². The summed E-state index contributed by atoms with van der Waals surface area (Å²) in [5.74, 6) is 0. The maximum atomic E-state index is 12.4. The van der Waals surface area contributed by atoms with Crippen LogP contribution in [0.4, 0.5) is 0 Å². The summed E-state index contributed by atoms with van der Waals surface area (Å²) in [6, 6.07) is 20.1. The largest absolute Gasteiger partial charge is 0.268 e. The molecular formula is C22H19N3OS. The Morgan fingerprint density at radius 1 is 1.00 bits per heavy atom. The Hall–Kier alpha value is -2.92. The van der Waals surface area contributed by atoms with E-state index in [9.17, 15) is 4.79 Å². The topological polar surface area (TPSA) is 58.6 Å². The molecule has 0 aliphatic rings. The number of thioether (sulfide) groups is 1. The molecule has 0 bridgehead atoms. The average molecular weight is 373 g/mol. The molecule has 0 unspecified atom stereocenters. The van der Waals surface area contributed by atoms with Crippen LogP contribution in [0, 0.1) is 6.92 Å². The molecule has 0 aliphatic heterocycles. The van der Waals surface area contributed by atoms with E-state index in [1.807, 2.05) is 48.7 Å². The Morgan fingerprint density at radius 3 is 2.59 bits per heavy atom. The molecule has 4 rings (SSSR count). The van der Waals surface area contributed by atoms with Crippen LogP contribution in [-0.2, 0) is 6.42 Å². The molecule has 0 atom stereocenters. The van der Waals surface area contributed by atoms with Crippen molar-refractivity contribution in [1.82, 2.24) is 15.2 Å². The van der Waals surface area contributed by atoms with Gasteiger partial charge in [0.1, 0.15) is 0 Å². The van der Waals surface area contributed by atoms with Gasteiger partial charge in [-0.15, -0.1) is 11.8 Å². The van der Waals surface area contributed by atoms with E-state index in [2.05, 4.69) is 35.3 Å². The molecule has 0 radical (unpaired) electrons. The molecule has 0 saturated carbocycles. The number of benzene rings is 2. The van der Waals surface area contributed by atoms with Crippen LogP contribution in [0.5, 0.6) is 0 Å². The zero-order valence-corrected chi connectivity index (χ0v) is 16.0. The van der Waals surface area contributed by atoms with Crippen molar-refractivity contribution in [3.63, 3.8) is 0 Å². The van der Waals surface area contributed by atoms with Crippen LogP contribution in [0.3, 0.4) is 0 Å². The minimum Gasteiger partial charge on any atom is -0.268 e. The monoisotopic (exact) mass is 373 g/mol. The number of nitrogens with zero attached hydrogens (tertiary/aromatic N) is 2. The highest BCUT2D eigenvalue weighted by Gasteiger charge is 2.11. The Balaban J connectivity index is 1.78. The van der Waals surface area contributed by atoms with Crippen molar-refractivity contribution in [1.29, 1.82) is 0 Å². The molecule has 134 valence electrons. The first-order valence-electron chi connectivity index (χ1n) is 8.72. The molecule has 0 fully saturated rings. The van der Waals surface area contributed by atoms with Crippen molar-refractivity contribution in [2.45, 2.75) is 18.4 Å². The van der Waals surface area contributed by atoms with E-state index in [4.69, 9.17) is 4.98 Å². The highest BCUT2D eigenvalue weighted by atomic mass is 32.2. The Kier molecular flexibility index (Phi) is 4.77. The Morgan fingerprint density at radius 2 is 1.81 bits per heavy atom. The molecule has 4 nitrogen and oxygen atoms in total. The quantitative estimate of drug-likeness (QED) is 0.531. The Bertz CT molecular complexity index is 1170. The summed E-state index contributed by atoms with van der Waals surface area (Å²) in [4.78, 5) is 17.2. The smallest absolute Gasteiger partial charge is 0.267 e. The average Bonchev–Trinajstić information content (AvgIpc) is 2.69. The van der Waals surface area contributed by atoms with Gasteiger partial charge in [-0.25, -0.2) is 10.1 Å². The summed E-state index contributed by atoms with van der Waals surface area (Å²) >= 11 is 1.60. The third-order valence-corrected chi connectivity index (χ3v) is 5.27. The van der Waals surface area contributed by atoms with Gasteiger partial charge in [-0.2, -0.15) is 5.10 Å². The minimum atomic E-state index is -0.161. The first-order valence-corrected chi connectivity index (χ1v) is 9.95. The minimum absolute atomic E-state index is 0.161. The molecular weight excluding hydrogens is 354 g/mol. The van der Waals surface area contributed by atoms with Crippen LogP contribution in [0.15, 0.2) is 70.5 Å². The number of hydrogen-bond donors (Lipinski definition) is 1. The predicted octanol–water partition coefficient (Wildman–Crippen LogP) is 4.61. The molecule has 0 amide bonds. The lowest BCUT2D eigenvalue weighted by molar-refractivity contribution is 0.942. The van der Waals surface area contributed by atoms with Crippen molar-refractivity contribution >= 4 is 22.7 Å². The molecule has 2 aromatic heterocycles. The highest BCUT2D eigenvalue weighted by Crippen LogP contribution is 2.26. The molecule has 0 saturated heterocycles. The number of pyridine rings is 1. The van der Waals surface area contributed by atoms with E-state index < -0.39 is 0 Å². The van der Waals surface area contributed by atoms with Crippen molar-refractivity contribution in [2.24, 2.45) is 0 Å². The third-order valence-electron chi connectivity index (χ3n) is 4.53. The number of nitrogens with one attached hydrogen (secondary N) is 1. The fraction of sp³-hybridized carbons (Fsp3) is 0.136. The van der Waals surface area contributed by atoms with Gasteiger partial charge in [0.25, 0.3) is 5.56 Å². The van der Waals surface area contributed by atoms with E-state index in [-0.39, 0.29) is 5.56 Å². The van der Waals surface area contributed by atoms with Gasteiger partial charge >= 0.3 is 0 Å². The normalized spacial score (nSPS) is 11.0. The zero-order valence-electron chi connectivity index (χ0n) is 15.2. The Labute approximate surface area is 161 Å². The molecule has 1 N–H and O–H groups in total. The van der Waals surface area contributed by atoms with Gasteiger partial charge in [0.15, 0.2) is 0 Å². The standard InChI is InChI=1S/C22H19N3OS/c1-14-8-9-19-16(10-14)11-18(22(23-19)27-2)12-17-13-20(24-25-21(17)26)15-6-4-3-5-7-15/h3-11,13H,12H2,1-2H3,(H,25,26). The fourth-order valence-electron chi connectivity index (χ4n) is 3.16. The van der Waals surface area contributed by atoms with Gasteiger partial charge in [0.2, 0.25) is 0 Å². The molecule has 2 heterocycles. The zero-order chi connectivity index (χ0) is 18.8. The summed E-state index contributed by atoms with van der Waals surface area (Å²) < 4.78 is 0. The number of rotatable bonds is 4. The molecule has 2 aromatic carbocycles. The number of fused-ring (bicyclic) bond motifs is 1. The van der Waals surface area contributed by atoms with E-state index in [0.29, 0.717) is 12.0 Å². The number of aromatic amines is 1. The van der Waals surface area contributed by atoms with Gasteiger partial charge in [-0.1, -0.05) is 42.0 Å². The third kappa shape index (κ3) is 3.64. The van der Waals surface area contributed by atoms with E-state index >= 15 is 0 Å². The van der Waals surface area contributed by atoms with Crippen molar-refractivity contribution < 1.29 is 0 Å². The van der Waals surface area contributed by atoms with Crippen molar-refractivity contribution in [3.8, 4) is 11.3 Å². The molecule has 0 aliphatic carbocycles. The summed E-state index contributed by atoms with van der Waals surface area (Å²) in [7, 11) is 0. The van der Waals surface area contributed by atoms with Crippen molar-refractivity contribution in [2.75, 3.05) is 6.26 Å². The lowest BCUT2D eigenvalue weighted by Crippen LogP contribution is -2.15. The summed E-state index contributed by atoms with van der Waals surface area (Å²) in [5.41, 5.74) is 5.49. The van der Waals surface area contributed by atoms with E-state index in [1.165, 1.54) is 5.56 Å². The lowest BCUT2D eigenvalue weighted by atomic mass is 10.0. The number of aromatic nitrogens is 3. The van der Waals surface area contributed by atoms with Gasteiger partial charge in [0.05, 0.1) is 16.2 Å². The van der Waals surface area contributed by atoms with Gasteiger partial charge in [-0.05, 0) is 43.0 Å². The lowest BCUT2D eigenvalue weighted by Gasteiger charge is -2.10. The molecule has 27 heavy (non-hydrogen) atoms. The first kappa shape index (κ1) is 17.5. The predicted molar refractivity (Wildman–Crippen MR) is 111 cm³/mol. The maximum Gasteiger partial charge on any atom is 0.267 e. The molecule has 0 spiro atoms. The van der Waals surface area contributed by atoms with E-state index in [1.54, 1.807) is 11.8 Å². The highest BCUT2D eigenvalue weighted by molar-refractivity contribution is 7.98. The van der Waals surface area contributed by atoms with Gasteiger partial charge in [-0.3, -0.25) is 4.79 Å². The van der Waals surface area contributed by atoms with Crippen molar-refractivity contribution in [3.05, 3.63) is 87.7 Å². The number of H-pyrrole nitrogens is 1. The summed E-state index contributed by atoms with van der Waals surface area (Å²) in [6.45, 7) is 2.07. The molecule has 5 heteroatoms. The number of aryl methyl sites for hydroxylation is 1. The van der Waals surface area contributed by atoms with Gasteiger partial charge < -0.3 is 0 Å². The second-order valence-electron chi connectivity index (χ2n) is 6.50. The van der Waals surface area contributed by atoms with Crippen LogP contribution in [0.25, 0.3) is 22.2 Å². The molecule has 4 aromatic rings. The maximum absolute atomic E-state index is 12.4. The van der Waals surface area contributed by atoms with Crippen LogP contribution in [0.1, 0.15) is 16.7 Å². The SMILES string of the molecule is CSc1nc2ccc(C)cc2cc1Cc1cc(-c2ccccc2)n[nH]c1=O. The van der Waals surface area contributed by atoms with Crippen LogP contribution >= 0.6 is 11.8 Å². The fourth-order valence-corrected chi connectivity index (χ4v) is 3.75. The second-order valence-corrected chi connectivity index (χ2v) is 7.30. The van der Waals surface area contributed by atoms with Gasteiger partial charge in [0, 0.05) is 22.9 Å². The number of hydrogen-bond acceptors (Lipinski definition) is 4. The van der Waals surface area contributed by atoms with E-state index in [0.717, 1.165) is 32.7 Å². The first-order chi connectivity index (χ1) is 13.1. The summed E-state index contributed by atoms with van der Waals surface area (Å²) in [6.07, 6.45) is 2.53. The second kappa shape index (κ2) is 7.37. The van der Waals surface area contributed by atoms with Crippen LogP contribution < -0.4 is 5.56 Å². The summed E-state index contributed by atoms with van der Waals surface area (Å²) in [5, 5.41) is 8.88. The van der Waals surface area contributed by atoms with Crippen LogP contribution in [-0.4, -0.2) is 21.4 Å².